The van der Waals surface area contributed by atoms with Crippen LogP contribution < -0.4 is 5.32 Å². The predicted molar refractivity (Wildman–Crippen MR) is 73.3 cm³/mol. The van der Waals surface area contributed by atoms with E-state index in [0.29, 0.717) is 0 Å². The number of carbonyl (C=O) groups is 1. The Kier molecular flexibility index (Phi) is 5.78. The Balaban J connectivity index is 2.31. The standard InChI is InChI=1S/C14H26ClNO/c1-11(15)7-6-10-16-13(17)12-8-4-5-9-14(12,2)3/h11-12H,4-10H2,1-3H3,(H,16,17). The van der Waals surface area contributed by atoms with E-state index in [1.165, 1.54) is 19.3 Å². The van der Waals surface area contributed by atoms with E-state index < -0.39 is 0 Å². The second-order valence-electron chi connectivity index (χ2n) is 6.00. The molecule has 0 aromatic heterocycles. The Morgan fingerprint density at radius 1 is 1.47 bits per heavy atom. The minimum Gasteiger partial charge on any atom is -0.356 e. The number of alkyl halides is 1. The average molecular weight is 260 g/mol. The van der Waals surface area contributed by atoms with Gasteiger partial charge in [0.1, 0.15) is 0 Å². The highest BCUT2D eigenvalue weighted by atomic mass is 35.5. The summed E-state index contributed by atoms with van der Waals surface area (Å²) in [4.78, 5) is 12.1. The molecule has 0 aromatic rings. The van der Waals surface area contributed by atoms with Crippen molar-refractivity contribution in [2.45, 2.75) is 64.7 Å². The van der Waals surface area contributed by atoms with Crippen molar-refractivity contribution in [3.63, 3.8) is 0 Å². The number of rotatable bonds is 5. The fraction of sp³-hybridized carbons (Fsp3) is 0.929. The molecular weight excluding hydrogens is 234 g/mol. The molecule has 17 heavy (non-hydrogen) atoms. The van der Waals surface area contributed by atoms with Gasteiger partial charge in [0.15, 0.2) is 0 Å². The van der Waals surface area contributed by atoms with Gasteiger partial charge in [-0.15, -0.1) is 11.6 Å². The van der Waals surface area contributed by atoms with E-state index in [1.54, 1.807) is 0 Å². The summed E-state index contributed by atoms with van der Waals surface area (Å²) in [5, 5.41) is 3.27. The van der Waals surface area contributed by atoms with Crippen LogP contribution in [0.3, 0.4) is 0 Å². The highest BCUT2D eigenvalue weighted by Crippen LogP contribution is 2.40. The third kappa shape index (κ3) is 4.87. The second kappa shape index (κ2) is 6.63. The first-order valence-electron chi connectivity index (χ1n) is 6.85. The van der Waals surface area contributed by atoms with E-state index in [9.17, 15) is 4.79 Å². The van der Waals surface area contributed by atoms with Gasteiger partial charge >= 0.3 is 0 Å². The highest BCUT2D eigenvalue weighted by molar-refractivity contribution is 6.20. The van der Waals surface area contributed by atoms with Gasteiger partial charge in [0.2, 0.25) is 5.91 Å². The molecule has 0 aliphatic heterocycles. The van der Waals surface area contributed by atoms with E-state index in [1.807, 2.05) is 6.92 Å². The summed E-state index contributed by atoms with van der Waals surface area (Å²) >= 11 is 5.87. The first-order chi connectivity index (χ1) is 7.93. The third-order valence-corrected chi connectivity index (χ3v) is 4.12. The Morgan fingerprint density at radius 3 is 2.76 bits per heavy atom. The van der Waals surface area contributed by atoms with Gasteiger partial charge in [0.05, 0.1) is 0 Å². The first-order valence-corrected chi connectivity index (χ1v) is 7.29. The molecule has 0 bridgehead atoms. The van der Waals surface area contributed by atoms with Crippen molar-refractivity contribution in [1.82, 2.24) is 5.32 Å². The zero-order valence-corrected chi connectivity index (χ0v) is 12.1. The van der Waals surface area contributed by atoms with Crippen molar-refractivity contribution < 1.29 is 4.79 Å². The normalized spacial score (nSPS) is 25.3. The van der Waals surface area contributed by atoms with Crippen molar-refractivity contribution in [2.24, 2.45) is 11.3 Å². The Bertz CT molecular complexity index is 251. The van der Waals surface area contributed by atoms with Gasteiger partial charge in [0, 0.05) is 17.8 Å². The summed E-state index contributed by atoms with van der Waals surface area (Å²) in [5.74, 6) is 0.446. The minimum atomic E-state index is 0.169. The van der Waals surface area contributed by atoms with Crippen LogP contribution in [0.4, 0.5) is 0 Å². The number of amides is 1. The summed E-state index contributed by atoms with van der Waals surface area (Å²) in [6.45, 7) is 7.20. The zero-order valence-electron chi connectivity index (χ0n) is 11.4. The van der Waals surface area contributed by atoms with Crippen LogP contribution in [0.2, 0.25) is 0 Å². The maximum absolute atomic E-state index is 12.1. The molecule has 1 saturated carbocycles. The Morgan fingerprint density at radius 2 is 2.18 bits per heavy atom. The van der Waals surface area contributed by atoms with Gasteiger partial charge in [-0.25, -0.2) is 0 Å². The molecule has 0 radical (unpaired) electrons. The molecule has 2 unspecified atom stereocenters. The van der Waals surface area contributed by atoms with Gasteiger partial charge in [-0.1, -0.05) is 26.7 Å². The van der Waals surface area contributed by atoms with Crippen LogP contribution in [0.25, 0.3) is 0 Å². The lowest BCUT2D eigenvalue weighted by molar-refractivity contribution is -0.130. The molecule has 2 atom stereocenters. The van der Waals surface area contributed by atoms with Crippen molar-refractivity contribution in [1.29, 1.82) is 0 Å². The average Bonchev–Trinajstić information content (AvgIpc) is 2.23. The summed E-state index contributed by atoms with van der Waals surface area (Å²) in [6, 6.07) is 0. The summed E-state index contributed by atoms with van der Waals surface area (Å²) < 4.78 is 0. The molecule has 2 nitrogen and oxygen atoms in total. The largest absolute Gasteiger partial charge is 0.356 e. The number of halogens is 1. The molecule has 0 spiro atoms. The van der Waals surface area contributed by atoms with Crippen LogP contribution in [0.5, 0.6) is 0 Å². The Hall–Kier alpha value is -0.240. The fourth-order valence-electron chi connectivity index (χ4n) is 2.70. The van der Waals surface area contributed by atoms with Crippen molar-refractivity contribution in [3.8, 4) is 0 Å². The van der Waals surface area contributed by atoms with Gasteiger partial charge in [-0.3, -0.25) is 4.79 Å². The van der Waals surface area contributed by atoms with Crippen molar-refractivity contribution in [3.05, 3.63) is 0 Å². The molecule has 100 valence electrons. The fourth-order valence-corrected chi connectivity index (χ4v) is 2.85. The van der Waals surface area contributed by atoms with Crippen molar-refractivity contribution in [2.75, 3.05) is 6.54 Å². The number of hydrogen-bond donors (Lipinski definition) is 1. The van der Waals surface area contributed by atoms with Gasteiger partial charge in [-0.2, -0.15) is 0 Å². The monoisotopic (exact) mass is 259 g/mol. The second-order valence-corrected chi connectivity index (χ2v) is 6.75. The lowest BCUT2D eigenvalue weighted by Crippen LogP contribution is -2.41. The van der Waals surface area contributed by atoms with Crippen LogP contribution >= 0.6 is 11.6 Å². The SMILES string of the molecule is CC(Cl)CCCNC(=O)C1CCCCC1(C)C. The molecule has 1 aliphatic carbocycles. The lowest BCUT2D eigenvalue weighted by Gasteiger charge is -2.37. The topological polar surface area (TPSA) is 29.1 Å². The van der Waals surface area contributed by atoms with E-state index in [4.69, 9.17) is 11.6 Å². The summed E-state index contributed by atoms with van der Waals surface area (Å²) in [7, 11) is 0. The van der Waals surface area contributed by atoms with E-state index in [0.717, 1.165) is 25.8 Å². The van der Waals surface area contributed by atoms with E-state index in [-0.39, 0.29) is 22.6 Å². The molecular formula is C14H26ClNO. The van der Waals surface area contributed by atoms with Crippen LogP contribution in [0.15, 0.2) is 0 Å². The number of hydrogen-bond acceptors (Lipinski definition) is 1. The third-order valence-electron chi connectivity index (χ3n) is 3.90. The molecule has 0 heterocycles. The van der Waals surface area contributed by atoms with Crippen LogP contribution in [0, 0.1) is 11.3 Å². The van der Waals surface area contributed by atoms with Crippen LogP contribution in [-0.4, -0.2) is 17.8 Å². The molecule has 0 aromatic carbocycles. The molecule has 1 rings (SSSR count). The maximum Gasteiger partial charge on any atom is 0.223 e. The van der Waals surface area contributed by atoms with Crippen LogP contribution in [-0.2, 0) is 4.79 Å². The molecule has 0 saturated heterocycles. The summed E-state index contributed by atoms with van der Waals surface area (Å²) in [5.41, 5.74) is 0.169. The smallest absolute Gasteiger partial charge is 0.223 e. The number of carbonyl (C=O) groups excluding carboxylic acids is 1. The van der Waals surface area contributed by atoms with Crippen LogP contribution in [0.1, 0.15) is 59.3 Å². The summed E-state index contributed by atoms with van der Waals surface area (Å²) in [6.07, 6.45) is 6.62. The van der Waals surface area contributed by atoms with Crippen molar-refractivity contribution >= 4 is 17.5 Å². The molecule has 1 aliphatic rings. The van der Waals surface area contributed by atoms with Gasteiger partial charge < -0.3 is 5.32 Å². The Labute approximate surface area is 110 Å². The number of nitrogens with one attached hydrogen (secondary N) is 1. The molecule has 1 fully saturated rings. The molecule has 1 amide bonds. The molecule has 1 N–H and O–H groups in total. The van der Waals surface area contributed by atoms with E-state index in [2.05, 4.69) is 19.2 Å². The highest BCUT2D eigenvalue weighted by Gasteiger charge is 2.36. The quantitative estimate of drug-likeness (QED) is 0.592. The van der Waals surface area contributed by atoms with Gasteiger partial charge in [-0.05, 0) is 38.0 Å². The zero-order chi connectivity index (χ0) is 12.9. The predicted octanol–water partition coefficient (Wildman–Crippen LogP) is 3.73. The first kappa shape index (κ1) is 14.8. The van der Waals surface area contributed by atoms with E-state index >= 15 is 0 Å². The minimum absolute atomic E-state index is 0.169. The molecule has 3 heteroatoms. The lowest BCUT2D eigenvalue weighted by atomic mass is 9.68. The van der Waals surface area contributed by atoms with Gasteiger partial charge in [0.25, 0.3) is 0 Å². The maximum atomic E-state index is 12.1.